The maximum absolute atomic E-state index is 12.5. The highest BCUT2D eigenvalue weighted by Crippen LogP contribution is 2.25. The molecule has 1 saturated carbocycles. The Kier molecular flexibility index (Phi) is 6.45. The predicted molar refractivity (Wildman–Crippen MR) is 100 cm³/mol. The van der Waals surface area contributed by atoms with Crippen molar-refractivity contribution in [1.29, 1.82) is 0 Å². The van der Waals surface area contributed by atoms with Crippen LogP contribution < -0.4 is 11.1 Å². The molecule has 0 radical (unpaired) electrons. The Morgan fingerprint density at radius 3 is 2.76 bits per heavy atom. The lowest BCUT2D eigenvalue weighted by molar-refractivity contribution is -0.120. The van der Waals surface area contributed by atoms with Gasteiger partial charge in [-0.3, -0.25) is 9.69 Å². The van der Waals surface area contributed by atoms with Crippen LogP contribution >= 0.6 is 0 Å². The number of hydrogen-bond donors (Lipinski definition) is 3. The molecule has 1 amide bonds. The summed E-state index contributed by atoms with van der Waals surface area (Å²) in [5.74, 6) is 0.615. The highest BCUT2D eigenvalue weighted by Gasteiger charge is 2.25. The van der Waals surface area contributed by atoms with E-state index < -0.39 is 0 Å². The fraction of sp³-hybridized carbons (Fsp3) is 0.650. The van der Waals surface area contributed by atoms with Crippen molar-refractivity contribution in [2.45, 2.75) is 51.1 Å². The predicted octanol–water partition coefficient (Wildman–Crippen LogP) is 2.35. The zero-order valence-corrected chi connectivity index (χ0v) is 15.0. The van der Waals surface area contributed by atoms with E-state index in [4.69, 9.17) is 5.73 Å². The number of benzene rings is 1. The Balaban J connectivity index is 1.53. The summed E-state index contributed by atoms with van der Waals surface area (Å²) < 4.78 is 0. The molecule has 1 heterocycles. The average Bonchev–Trinajstić information content (AvgIpc) is 2.63. The first-order valence-electron chi connectivity index (χ1n) is 9.62. The summed E-state index contributed by atoms with van der Waals surface area (Å²) in [6, 6.07) is 8.33. The number of nitrogens with zero attached hydrogens (tertiary/aromatic N) is 1. The molecule has 1 aliphatic heterocycles. The molecule has 2 unspecified atom stereocenters. The maximum Gasteiger partial charge on any atom is 0.227 e. The minimum absolute atomic E-state index is 0.0462. The van der Waals surface area contributed by atoms with Crippen molar-refractivity contribution in [2.24, 2.45) is 17.6 Å². The lowest BCUT2D eigenvalue weighted by Crippen LogP contribution is -2.34. The second kappa shape index (κ2) is 8.79. The Labute approximate surface area is 150 Å². The molecule has 2 fully saturated rings. The summed E-state index contributed by atoms with van der Waals surface area (Å²) in [7, 11) is 0. The van der Waals surface area contributed by atoms with Gasteiger partial charge in [0.05, 0.1) is 0 Å². The van der Waals surface area contributed by atoms with Crippen molar-refractivity contribution >= 4 is 11.6 Å². The molecule has 0 spiro atoms. The van der Waals surface area contributed by atoms with Crippen LogP contribution in [-0.4, -0.2) is 41.7 Å². The number of anilines is 1. The SMILES string of the molecule is NC1CCCC(C(=O)Nc2cccc(CN3CCC(CO)CC3)c2)C1. The molecule has 1 aliphatic carbocycles. The van der Waals surface area contributed by atoms with Gasteiger partial charge >= 0.3 is 0 Å². The molecule has 0 aromatic heterocycles. The van der Waals surface area contributed by atoms with Gasteiger partial charge in [0.25, 0.3) is 0 Å². The number of aliphatic hydroxyl groups is 1. The molecule has 4 N–H and O–H groups in total. The number of rotatable bonds is 5. The van der Waals surface area contributed by atoms with Gasteiger partial charge in [0, 0.05) is 30.8 Å². The van der Waals surface area contributed by atoms with Gasteiger partial charge in [-0.05, 0) is 68.8 Å². The van der Waals surface area contributed by atoms with E-state index in [1.54, 1.807) is 0 Å². The van der Waals surface area contributed by atoms with E-state index in [1.807, 2.05) is 12.1 Å². The number of nitrogens with two attached hydrogens (primary N) is 1. The standard InChI is InChI=1S/C20H31N3O2/c21-18-5-2-4-17(12-18)20(25)22-19-6-1-3-16(11-19)13-23-9-7-15(14-24)8-10-23/h1,3,6,11,15,17-18,24H,2,4-5,7-10,12-14,21H2,(H,22,25). The van der Waals surface area contributed by atoms with Crippen LogP contribution in [0.5, 0.6) is 0 Å². The Morgan fingerprint density at radius 1 is 1.24 bits per heavy atom. The van der Waals surface area contributed by atoms with E-state index in [-0.39, 0.29) is 17.9 Å². The van der Waals surface area contributed by atoms with Crippen LogP contribution in [0.4, 0.5) is 5.69 Å². The minimum atomic E-state index is 0.0462. The lowest BCUT2D eigenvalue weighted by Gasteiger charge is -2.31. The summed E-state index contributed by atoms with van der Waals surface area (Å²) in [5, 5.41) is 12.3. The van der Waals surface area contributed by atoms with Gasteiger partial charge in [-0.15, -0.1) is 0 Å². The van der Waals surface area contributed by atoms with Gasteiger partial charge in [0.2, 0.25) is 5.91 Å². The molecule has 5 nitrogen and oxygen atoms in total. The number of hydrogen-bond acceptors (Lipinski definition) is 4. The third-order valence-electron chi connectivity index (χ3n) is 5.65. The third kappa shape index (κ3) is 5.27. The molecular weight excluding hydrogens is 314 g/mol. The first-order valence-corrected chi connectivity index (χ1v) is 9.62. The van der Waals surface area contributed by atoms with Crippen LogP contribution in [0.3, 0.4) is 0 Å². The molecule has 3 rings (SSSR count). The molecule has 2 atom stereocenters. The maximum atomic E-state index is 12.5. The highest BCUT2D eigenvalue weighted by atomic mass is 16.3. The van der Waals surface area contributed by atoms with Crippen molar-refractivity contribution in [2.75, 3.05) is 25.0 Å². The summed E-state index contributed by atoms with van der Waals surface area (Å²) in [4.78, 5) is 14.9. The number of carbonyl (C=O) groups excluding carboxylic acids is 1. The summed E-state index contributed by atoms with van der Waals surface area (Å²) in [5.41, 5.74) is 8.11. The Bertz CT molecular complexity index is 570. The lowest BCUT2D eigenvalue weighted by atomic mass is 9.85. The second-order valence-corrected chi connectivity index (χ2v) is 7.72. The van der Waals surface area contributed by atoms with E-state index in [0.717, 1.165) is 63.8 Å². The monoisotopic (exact) mass is 345 g/mol. The topological polar surface area (TPSA) is 78.6 Å². The highest BCUT2D eigenvalue weighted by molar-refractivity contribution is 5.92. The van der Waals surface area contributed by atoms with E-state index in [9.17, 15) is 9.90 Å². The third-order valence-corrected chi connectivity index (χ3v) is 5.65. The fourth-order valence-corrected chi connectivity index (χ4v) is 4.04. The Morgan fingerprint density at radius 2 is 2.04 bits per heavy atom. The molecule has 1 aromatic carbocycles. The van der Waals surface area contributed by atoms with Crippen LogP contribution in [0, 0.1) is 11.8 Å². The summed E-state index contributed by atoms with van der Waals surface area (Å²) in [6.07, 6.45) is 5.95. The largest absolute Gasteiger partial charge is 0.396 e. The molecule has 5 heteroatoms. The van der Waals surface area contributed by atoms with Crippen molar-refractivity contribution in [3.05, 3.63) is 29.8 Å². The summed E-state index contributed by atoms with van der Waals surface area (Å²) in [6.45, 7) is 3.26. The number of amides is 1. The van der Waals surface area contributed by atoms with Crippen LogP contribution in [0.1, 0.15) is 44.1 Å². The Hall–Kier alpha value is -1.43. The molecule has 0 bridgehead atoms. The van der Waals surface area contributed by atoms with Crippen LogP contribution in [0.15, 0.2) is 24.3 Å². The van der Waals surface area contributed by atoms with Gasteiger partial charge in [-0.2, -0.15) is 0 Å². The van der Waals surface area contributed by atoms with Crippen molar-refractivity contribution in [3.63, 3.8) is 0 Å². The van der Waals surface area contributed by atoms with E-state index in [0.29, 0.717) is 12.5 Å². The van der Waals surface area contributed by atoms with Crippen molar-refractivity contribution in [1.82, 2.24) is 4.90 Å². The number of nitrogens with one attached hydrogen (secondary N) is 1. The van der Waals surface area contributed by atoms with Crippen LogP contribution in [0.25, 0.3) is 0 Å². The van der Waals surface area contributed by atoms with Gasteiger partial charge in [0.15, 0.2) is 0 Å². The molecule has 1 saturated heterocycles. The number of carbonyl (C=O) groups is 1. The molecule has 25 heavy (non-hydrogen) atoms. The fourth-order valence-electron chi connectivity index (χ4n) is 4.04. The quantitative estimate of drug-likeness (QED) is 0.765. The first kappa shape index (κ1) is 18.4. The molecular formula is C20H31N3O2. The normalized spacial score (nSPS) is 25.7. The zero-order valence-electron chi connectivity index (χ0n) is 15.0. The van der Waals surface area contributed by atoms with Crippen LogP contribution in [0.2, 0.25) is 0 Å². The number of aliphatic hydroxyl groups excluding tert-OH is 1. The van der Waals surface area contributed by atoms with E-state index in [2.05, 4.69) is 22.3 Å². The number of likely N-dealkylation sites (tertiary alicyclic amines) is 1. The van der Waals surface area contributed by atoms with E-state index in [1.165, 1.54) is 5.56 Å². The molecule has 1 aromatic rings. The first-order chi connectivity index (χ1) is 12.1. The molecule has 2 aliphatic rings. The van der Waals surface area contributed by atoms with Gasteiger partial charge < -0.3 is 16.2 Å². The van der Waals surface area contributed by atoms with E-state index >= 15 is 0 Å². The van der Waals surface area contributed by atoms with Crippen LogP contribution in [-0.2, 0) is 11.3 Å². The van der Waals surface area contributed by atoms with Gasteiger partial charge in [-0.1, -0.05) is 18.6 Å². The summed E-state index contributed by atoms with van der Waals surface area (Å²) >= 11 is 0. The zero-order chi connectivity index (χ0) is 17.6. The number of piperidine rings is 1. The van der Waals surface area contributed by atoms with Gasteiger partial charge in [0.1, 0.15) is 0 Å². The van der Waals surface area contributed by atoms with Crippen molar-refractivity contribution in [3.8, 4) is 0 Å². The average molecular weight is 345 g/mol. The molecule has 138 valence electrons. The second-order valence-electron chi connectivity index (χ2n) is 7.72. The smallest absolute Gasteiger partial charge is 0.227 e. The minimum Gasteiger partial charge on any atom is -0.396 e. The van der Waals surface area contributed by atoms with Crippen molar-refractivity contribution < 1.29 is 9.90 Å². The van der Waals surface area contributed by atoms with Gasteiger partial charge in [-0.25, -0.2) is 0 Å².